The number of carbonyl (C=O) groups excluding carboxylic acids is 4. The van der Waals surface area contributed by atoms with Crippen molar-refractivity contribution in [3.63, 3.8) is 0 Å². The highest BCUT2D eigenvalue weighted by Gasteiger charge is 2.45. The summed E-state index contributed by atoms with van der Waals surface area (Å²) in [5, 5.41) is 13.2. The second kappa shape index (κ2) is 15.9. The number of hydrogen-bond acceptors (Lipinski definition) is 11. The van der Waals surface area contributed by atoms with E-state index in [1.807, 2.05) is 12.1 Å². The fourth-order valence-electron chi connectivity index (χ4n) is 4.70. The first kappa shape index (κ1) is 37.2. The maximum atomic E-state index is 13.8. The van der Waals surface area contributed by atoms with Gasteiger partial charge in [-0.2, -0.15) is 28.1 Å². The molecule has 19 heteroatoms. The number of nitrogens with one attached hydrogen (secondary N) is 5. The molecule has 1 atom stereocenters. The van der Waals surface area contributed by atoms with Crippen LogP contribution >= 0.6 is 11.6 Å². The summed E-state index contributed by atoms with van der Waals surface area (Å²) in [5.74, 6) is -5.11. The molecular formula is C33H29ClF4N8O6. The normalized spacial score (nSPS) is 13.6. The number of hydrogen-bond donors (Lipinski definition) is 5. The molecule has 52 heavy (non-hydrogen) atoms. The summed E-state index contributed by atoms with van der Waals surface area (Å²) in [6.45, 7) is -2.19. The summed E-state index contributed by atoms with van der Waals surface area (Å²) >= 11 is 6.01. The Bertz CT molecular complexity index is 1950. The lowest BCUT2D eigenvalue weighted by Crippen LogP contribution is -2.50. The number of benzene rings is 3. The van der Waals surface area contributed by atoms with Crippen LogP contribution in [-0.2, 0) is 24.7 Å². The molecule has 5 N–H and O–H groups in total. The lowest BCUT2D eigenvalue weighted by Gasteiger charge is -2.19. The van der Waals surface area contributed by atoms with Gasteiger partial charge in [0.2, 0.25) is 11.9 Å². The Labute approximate surface area is 297 Å². The highest BCUT2D eigenvalue weighted by molar-refractivity contribution is 6.39. The van der Waals surface area contributed by atoms with E-state index < -0.39 is 66.4 Å². The van der Waals surface area contributed by atoms with Gasteiger partial charge in [-0.1, -0.05) is 35.9 Å². The van der Waals surface area contributed by atoms with Crippen molar-refractivity contribution >= 4 is 58.6 Å². The van der Waals surface area contributed by atoms with Crippen molar-refractivity contribution in [2.24, 2.45) is 0 Å². The van der Waals surface area contributed by atoms with Gasteiger partial charge in [-0.05, 0) is 66.9 Å². The van der Waals surface area contributed by atoms with E-state index in [1.54, 1.807) is 12.1 Å². The summed E-state index contributed by atoms with van der Waals surface area (Å²) in [5.41, 5.74) is 0.432. The van der Waals surface area contributed by atoms with E-state index in [0.717, 1.165) is 18.7 Å². The summed E-state index contributed by atoms with van der Waals surface area (Å²) < 4.78 is 62.1. The fourth-order valence-corrected chi connectivity index (χ4v) is 4.83. The molecule has 3 amide bonds. The maximum absolute atomic E-state index is 13.8. The Morgan fingerprint density at radius 1 is 0.904 bits per heavy atom. The molecule has 3 aromatic carbocycles. The van der Waals surface area contributed by atoms with Gasteiger partial charge in [-0.3, -0.25) is 14.4 Å². The molecule has 0 unspecified atom stereocenters. The predicted octanol–water partition coefficient (Wildman–Crippen LogP) is 4.48. The molecule has 0 aliphatic heterocycles. The number of alkyl halides is 3. The van der Waals surface area contributed by atoms with Gasteiger partial charge >= 0.3 is 30.0 Å². The van der Waals surface area contributed by atoms with Crippen LogP contribution in [0.15, 0.2) is 72.8 Å². The van der Waals surface area contributed by atoms with E-state index in [1.165, 1.54) is 42.5 Å². The Kier molecular flexibility index (Phi) is 11.4. The van der Waals surface area contributed by atoms with Gasteiger partial charge in [0.05, 0.1) is 18.3 Å². The number of anilines is 4. The molecule has 5 rings (SSSR count). The van der Waals surface area contributed by atoms with E-state index in [2.05, 4.69) is 41.5 Å². The van der Waals surface area contributed by atoms with Crippen molar-refractivity contribution in [1.82, 2.24) is 25.6 Å². The molecule has 1 fully saturated rings. The highest BCUT2D eigenvalue weighted by atomic mass is 35.5. The molecule has 0 bridgehead atoms. The lowest BCUT2D eigenvalue weighted by molar-refractivity contribution is -0.154. The SMILES string of the molecule is COC(=O)[C@H](CNC(=O)C(=O)Nc1ccccc1F)NC(=O)c1ccc(Nc2nc(NC3(c4ccc(Cl)cc4)CC3)nc(OCC(F)(F)F)n2)cc1. The molecule has 4 aromatic rings. The Balaban J connectivity index is 1.24. The largest absolute Gasteiger partial charge is 0.467 e. The molecule has 1 aliphatic rings. The van der Waals surface area contributed by atoms with E-state index in [-0.39, 0.29) is 23.1 Å². The van der Waals surface area contributed by atoms with E-state index >= 15 is 0 Å². The molecule has 1 aromatic heterocycles. The van der Waals surface area contributed by atoms with Gasteiger partial charge < -0.3 is 36.1 Å². The number of rotatable bonds is 13. The molecule has 1 aliphatic carbocycles. The van der Waals surface area contributed by atoms with Crippen LogP contribution < -0.4 is 31.3 Å². The van der Waals surface area contributed by atoms with Crippen LogP contribution in [0.3, 0.4) is 0 Å². The molecule has 1 saturated carbocycles. The fraction of sp³-hybridized carbons (Fsp3) is 0.242. The van der Waals surface area contributed by atoms with Crippen LogP contribution in [-0.4, -0.2) is 71.1 Å². The van der Waals surface area contributed by atoms with Crippen molar-refractivity contribution in [3.8, 4) is 6.01 Å². The number of ether oxygens (including phenoxy) is 2. The zero-order valence-corrected chi connectivity index (χ0v) is 27.8. The molecule has 0 radical (unpaired) electrons. The monoisotopic (exact) mass is 744 g/mol. The lowest BCUT2D eigenvalue weighted by atomic mass is 10.1. The van der Waals surface area contributed by atoms with Crippen LogP contribution in [0, 0.1) is 5.82 Å². The zero-order chi connectivity index (χ0) is 37.5. The minimum absolute atomic E-state index is 0.0499. The van der Waals surface area contributed by atoms with Crippen molar-refractivity contribution in [2.45, 2.75) is 30.6 Å². The highest BCUT2D eigenvalue weighted by Crippen LogP contribution is 2.48. The Morgan fingerprint density at radius 3 is 2.21 bits per heavy atom. The first-order chi connectivity index (χ1) is 24.7. The average molecular weight is 745 g/mol. The van der Waals surface area contributed by atoms with Crippen LogP contribution in [0.1, 0.15) is 28.8 Å². The van der Waals surface area contributed by atoms with Gasteiger partial charge in [-0.25, -0.2) is 9.18 Å². The zero-order valence-electron chi connectivity index (χ0n) is 27.0. The molecule has 0 spiro atoms. The average Bonchev–Trinajstić information content (AvgIpc) is 3.90. The van der Waals surface area contributed by atoms with E-state index in [4.69, 9.17) is 21.1 Å². The number of nitrogens with zero attached hydrogens (tertiary/aromatic N) is 3. The second-order valence-corrected chi connectivity index (χ2v) is 11.7. The Morgan fingerprint density at radius 2 is 1.58 bits per heavy atom. The number of aromatic nitrogens is 3. The van der Waals surface area contributed by atoms with Gasteiger partial charge in [0.15, 0.2) is 6.61 Å². The standard InChI is InChI=1S/C33H29ClF4N8O6/c1-51-28(50)24(16-39-26(48)27(49)41-23-5-3-2-4-22(23)35)42-25(47)18-6-12-21(13-7-18)40-29-43-30(45-31(44-29)52-17-33(36,37)38)46-32(14-15-32)19-8-10-20(34)11-9-19/h2-13,24H,14-17H2,1H3,(H,39,48)(H,41,49)(H,42,47)(H2,40,43,44,45,46)/t24-/m0/s1. The topological polar surface area (TPSA) is 186 Å². The number of methoxy groups -OCH3 is 1. The second-order valence-electron chi connectivity index (χ2n) is 11.3. The predicted molar refractivity (Wildman–Crippen MR) is 178 cm³/mol. The Hall–Kier alpha value is -6.04. The minimum atomic E-state index is -4.65. The third-order valence-electron chi connectivity index (χ3n) is 7.47. The number of esters is 1. The van der Waals surface area contributed by atoms with Crippen molar-refractivity contribution in [3.05, 3.63) is 94.8 Å². The van der Waals surface area contributed by atoms with Crippen molar-refractivity contribution in [2.75, 3.05) is 36.2 Å². The van der Waals surface area contributed by atoms with Crippen LogP contribution in [0.2, 0.25) is 5.02 Å². The maximum Gasteiger partial charge on any atom is 0.422 e. The summed E-state index contributed by atoms with van der Waals surface area (Å²) in [7, 11) is 1.05. The number of amides is 3. The molecule has 272 valence electrons. The van der Waals surface area contributed by atoms with Crippen molar-refractivity contribution < 1.29 is 46.2 Å². The molecule has 14 nitrogen and oxygen atoms in total. The van der Waals surface area contributed by atoms with Gasteiger partial charge in [0.1, 0.15) is 11.9 Å². The van der Waals surface area contributed by atoms with Crippen LogP contribution in [0.25, 0.3) is 0 Å². The molecular weight excluding hydrogens is 716 g/mol. The van der Waals surface area contributed by atoms with Crippen LogP contribution in [0.5, 0.6) is 6.01 Å². The number of para-hydroxylation sites is 1. The third kappa shape index (κ3) is 10.0. The summed E-state index contributed by atoms with van der Waals surface area (Å²) in [6.07, 6.45) is -3.26. The number of carbonyl (C=O) groups is 4. The van der Waals surface area contributed by atoms with Gasteiger partial charge in [0, 0.05) is 22.8 Å². The van der Waals surface area contributed by atoms with E-state index in [0.29, 0.717) is 23.6 Å². The number of halogens is 5. The molecule has 0 saturated heterocycles. The van der Waals surface area contributed by atoms with Crippen molar-refractivity contribution in [1.29, 1.82) is 0 Å². The first-order valence-corrected chi connectivity index (χ1v) is 15.7. The summed E-state index contributed by atoms with van der Waals surface area (Å²) in [6, 6.07) is 15.8. The summed E-state index contributed by atoms with van der Waals surface area (Å²) in [4.78, 5) is 62.1. The smallest absolute Gasteiger partial charge is 0.422 e. The molecule has 1 heterocycles. The first-order valence-electron chi connectivity index (χ1n) is 15.3. The van der Waals surface area contributed by atoms with E-state index in [9.17, 15) is 36.7 Å². The quantitative estimate of drug-likeness (QED) is 0.0739. The minimum Gasteiger partial charge on any atom is -0.467 e. The van der Waals surface area contributed by atoms with Gasteiger partial charge in [0.25, 0.3) is 5.91 Å². The third-order valence-corrected chi connectivity index (χ3v) is 7.72. The van der Waals surface area contributed by atoms with Crippen LogP contribution in [0.4, 0.5) is 40.8 Å². The van der Waals surface area contributed by atoms with Gasteiger partial charge in [-0.15, -0.1) is 0 Å².